The molecular weight excluding hydrogens is 445 g/mol. The molecular formula is C14H9Br2Cl2NO2. The zero-order valence-electron chi connectivity index (χ0n) is 10.4. The standard InChI is InChI=1S/C14H9Br2Cl2NO2/c15-9-3-1-7(5-12(9)18)13(14(20)21)19-8-2-4-11(17)10(16)6-8/h1-6,13,19H,(H,20,21). The third-order valence-electron chi connectivity index (χ3n) is 2.75. The molecule has 2 rings (SSSR count). The smallest absolute Gasteiger partial charge is 0.330 e. The van der Waals surface area contributed by atoms with Crippen LogP contribution in [-0.4, -0.2) is 11.1 Å². The van der Waals surface area contributed by atoms with Crippen LogP contribution in [0.1, 0.15) is 11.6 Å². The molecule has 110 valence electrons. The van der Waals surface area contributed by atoms with Crippen LogP contribution in [0.3, 0.4) is 0 Å². The molecule has 0 radical (unpaired) electrons. The van der Waals surface area contributed by atoms with Gasteiger partial charge in [0.2, 0.25) is 0 Å². The Hall–Kier alpha value is -0.750. The molecule has 1 unspecified atom stereocenters. The Balaban J connectivity index is 2.32. The van der Waals surface area contributed by atoms with Crippen molar-refractivity contribution in [1.82, 2.24) is 0 Å². The second-order valence-electron chi connectivity index (χ2n) is 4.22. The number of nitrogens with one attached hydrogen (secondary N) is 1. The minimum Gasteiger partial charge on any atom is -0.479 e. The first-order valence-electron chi connectivity index (χ1n) is 5.78. The summed E-state index contributed by atoms with van der Waals surface area (Å²) in [6, 6.07) is 9.23. The molecule has 0 saturated heterocycles. The van der Waals surface area contributed by atoms with E-state index in [1.54, 1.807) is 36.4 Å². The van der Waals surface area contributed by atoms with Crippen LogP contribution in [0.2, 0.25) is 10.0 Å². The third kappa shape index (κ3) is 4.13. The van der Waals surface area contributed by atoms with E-state index in [4.69, 9.17) is 23.2 Å². The molecule has 21 heavy (non-hydrogen) atoms. The zero-order valence-corrected chi connectivity index (χ0v) is 15.1. The Bertz CT molecular complexity index is 695. The number of carboxylic acid groups (broad SMARTS) is 1. The van der Waals surface area contributed by atoms with E-state index in [-0.39, 0.29) is 0 Å². The number of rotatable bonds is 4. The summed E-state index contributed by atoms with van der Waals surface area (Å²) in [6.07, 6.45) is 0. The number of halogens is 4. The normalized spacial score (nSPS) is 12.0. The van der Waals surface area contributed by atoms with Crippen molar-refractivity contribution in [3.8, 4) is 0 Å². The third-order valence-corrected chi connectivity index (χ3v) is 5.20. The van der Waals surface area contributed by atoms with Gasteiger partial charge in [0.15, 0.2) is 6.04 Å². The Morgan fingerprint density at radius 1 is 1.05 bits per heavy atom. The van der Waals surface area contributed by atoms with E-state index in [1.807, 2.05) is 0 Å². The van der Waals surface area contributed by atoms with Gasteiger partial charge in [-0.25, -0.2) is 4.79 Å². The van der Waals surface area contributed by atoms with Crippen LogP contribution in [0.25, 0.3) is 0 Å². The molecule has 0 aliphatic rings. The van der Waals surface area contributed by atoms with E-state index >= 15 is 0 Å². The van der Waals surface area contributed by atoms with Gasteiger partial charge in [0.1, 0.15) is 0 Å². The van der Waals surface area contributed by atoms with Crippen molar-refractivity contribution in [2.45, 2.75) is 6.04 Å². The molecule has 0 fully saturated rings. The summed E-state index contributed by atoms with van der Waals surface area (Å²) in [5.74, 6) is -1.00. The van der Waals surface area contributed by atoms with Gasteiger partial charge < -0.3 is 10.4 Å². The van der Waals surface area contributed by atoms with E-state index in [2.05, 4.69) is 37.2 Å². The average molecular weight is 454 g/mol. The van der Waals surface area contributed by atoms with Crippen molar-refractivity contribution in [2.24, 2.45) is 0 Å². The van der Waals surface area contributed by atoms with Gasteiger partial charge in [-0.1, -0.05) is 29.3 Å². The topological polar surface area (TPSA) is 49.3 Å². The molecule has 0 heterocycles. The lowest BCUT2D eigenvalue weighted by Gasteiger charge is -2.17. The SMILES string of the molecule is O=C(O)C(Nc1ccc(Cl)c(Br)c1)c1ccc(Br)c(Cl)c1. The van der Waals surface area contributed by atoms with Crippen LogP contribution in [0.15, 0.2) is 45.3 Å². The number of carboxylic acids is 1. The number of benzene rings is 2. The van der Waals surface area contributed by atoms with Crippen molar-refractivity contribution < 1.29 is 9.90 Å². The number of hydrogen-bond acceptors (Lipinski definition) is 2. The summed E-state index contributed by atoms with van der Waals surface area (Å²) in [7, 11) is 0. The first-order chi connectivity index (χ1) is 9.88. The maximum Gasteiger partial charge on any atom is 0.330 e. The predicted octanol–water partition coefficient (Wildman–Crippen LogP) is 5.76. The number of anilines is 1. The van der Waals surface area contributed by atoms with Gasteiger partial charge in [0, 0.05) is 14.6 Å². The molecule has 0 aliphatic heterocycles. The van der Waals surface area contributed by atoms with E-state index in [0.717, 1.165) is 0 Å². The molecule has 0 spiro atoms. The number of aliphatic carboxylic acids is 1. The molecule has 0 amide bonds. The predicted molar refractivity (Wildman–Crippen MR) is 92.3 cm³/mol. The molecule has 2 N–H and O–H groups in total. The van der Waals surface area contributed by atoms with E-state index in [1.165, 1.54) is 0 Å². The first kappa shape index (κ1) is 16.6. The highest BCUT2D eigenvalue weighted by Crippen LogP contribution is 2.30. The summed E-state index contributed by atoms with van der Waals surface area (Å²) in [5.41, 5.74) is 1.19. The number of carbonyl (C=O) groups is 1. The van der Waals surface area contributed by atoms with Gasteiger partial charge in [-0.2, -0.15) is 0 Å². The molecule has 0 aromatic heterocycles. The summed E-state index contributed by atoms with van der Waals surface area (Å²) in [4.78, 5) is 11.5. The highest BCUT2D eigenvalue weighted by atomic mass is 79.9. The highest BCUT2D eigenvalue weighted by molar-refractivity contribution is 9.10. The molecule has 0 saturated carbocycles. The lowest BCUT2D eigenvalue weighted by atomic mass is 10.1. The molecule has 7 heteroatoms. The zero-order chi connectivity index (χ0) is 15.6. The van der Waals surface area contributed by atoms with E-state index in [0.29, 0.717) is 30.2 Å². The fraction of sp³-hybridized carbons (Fsp3) is 0.0714. The summed E-state index contributed by atoms with van der Waals surface area (Å²) < 4.78 is 1.40. The van der Waals surface area contributed by atoms with Gasteiger partial charge in [-0.05, 0) is 67.8 Å². The highest BCUT2D eigenvalue weighted by Gasteiger charge is 2.20. The van der Waals surface area contributed by atoms with Crippen molar-refractivity contribution in [1.29, 1.82) is 0 Å². The van der Waals surface area contributed by atoms with Gasteiger partial charge in [0.05, 0.1) is 10.0 Å². The second-order valence-corrected chi connectivity index (χ2v) is 6.74. The minimum absolute atomic E-state index is 0.456. The van der Waals surface area contributed by atoms with Crippen LogP contribution >= 0.6 is 55.1 Å². The van der Waals surface area contributed by atoms with Gasteiger partial charge in [-0.3, -0.25) is 0 Å². The quantitative estimate of drug-likeness (QED) is 0.619. The Morgan fingerprint density at radius 2 is 1.76 bits per heavy atom. The average Bonchev–Trinajstić information content (AvgIpc) is 2.43. The Labute approximate surface area is 148 Å². The van der Waals surface area contributed by atoms with Crippen molar-refractivity contribution in [3.63, 3.8) is 0 Å². The van der Waals surface area contributed by atoms with Crippen LogP contribution in [-0.2, 0) is 4.79 Å². The number of hydrogen-bond donors (Lipinski definition) is 2. The van der Waals surface area contributed by atoms with Crippen molar-refractivity contribution in [3.05, 3.63) is 61.0 Å². The van der Waals surface area contributed by atoms with Crippen LogP contribution < -0.4 is 5.32 Å². The van der Waals surface area contributed by atoms with Crippen molar-refractivity contribution in [2.75, 3.05) is 5.32 Å². The Kier molecular flexibility index (Phi) is 5.54. The fourth-order valence-electron chi connectivity index (χ4n) is 1.73. The maximum absolute atomic E-state index is 11.5. The lowest BCUT2D eigenvalue weighted by Crippen LogP contribution is -2.20. The first-order valence-corrected chi connectivity index (χ1v) is 8.12. The molecule has 3 nitrogen and oxygen atoms in total. The van der Waals surface area contributed by atoms with Crippen LogP contribution in [0.5, 0.6) is 0 Å². The molecule has 0 bridgehead atoms. The van der Waals surface area contributed by atoms with E-state index < -0.39 is 12.0 Å². The van der Waals surface area contributed by atoms with Crippen molar-refractivity contribution >= 4 is 66.7 Å². The van der Waals surface area contributed by atoms with Gasteiger partial charge in [-0.15, -0.1) is 0 Å². The van der Waals surface area contributed by atoms with Gasteiger partial charge in [0.25, 0.3) is 0 Å². The largest absolute Gasteiger partial charge is 0.479 e. The second kappa shape index (κ2) is 7.01. The summed E-state index contributed by atoms with van der Waals surface area (Å²) in [6.45, 7) is 0. The summed E-state index contributed by atoms with van der Waals surface area (Å²) in [5, 5.41) is 13.4. The van der Waals surface area contributed by atoms with Crippen LogP contribution in [0.4, 0.5) is 5.69 Å². The van der Waals surface area contributed by atoms with Gasteiger partial charge >= 0.3 is 5.97 Å². The minimum atomic E-state index is -1.00. The lowest BCUT2D eigenvalue weighted by molar-refractivity contribution is -0.138. The molecule has 1 atom stereocenters. The van der Waals surface area contributed by atoms with E-state index in [9.17, 15) is 9.90 Å². The fourth-order valence-corrected chi connectivity index (χ4v) is 2.66. The maximum atomic E-state index is 11.5. The molecule has 0 aliphatic carbocycles. The Morgan fingerprint density at radius 3 is 2.33 bits per heavy atom. The van der Waals surface area contributed by atoms with Crippen LogP contribution in [0, 0.1) is 0 Å². The molecule has 2 aromatic carbocycles. The summed E-state index contributed by atoms with van der Waals surface area (Å²) >= 11 is 18.5. The molecule has 2 aromatic rings. The monoisotopic (exact) mass is 451 g/mol.